The summed E-state index contributed by atoms with van der Waals surface area (Å²) in [5.41, 5.74) is 3.50. The van der Waals surface area contributed by atoms with Crippen molar-refractivity contribution in [1.29, 1.82) is 0 Å². The average Bonchev–Trinajstić information content (AvgIpc) is 2.55. The molecule has 2 heterocycles. The third-order valence-electron chi connectivity index (χ3n) is 4.22. The van der Waals surface area contributed by atoms with E-state index in [-0.39, 0.29) is 6.10 Å². The summed E-state index contributed by atoms with van der Waals surface area (Å²) in [6, 6.07) is 8.40. The first-order chi connectivity index (χ1) is 11.1. The van der Waals surface area contributed by atoms with Crippen molar-refractivity contribution in [3.63, 3.8) is 0 Å². The fraction of sp³-hybridized carbons (Fsp3) is 0.500. The molecule has 5 heteroatoms. The first-order valence-corrected chi connectivity index (χ1v) is 9.10. The number of aromatic nitrogens is 1. The van der Waals surface area contributed by atoms with Crippen molar-refractivity contribution in [3.05, 3.63) is 35.4 Å². The Morgan fingerprint density at radius 2 is 2.04 bits per heavy atom. The zero-order valence-electron chi connectivity index (χ0n) is 13.8. The van der Waals surface area contributed by atoms with Gasteiger partial charge >= 0.3 is 0 Å². The number of aliphatic hydroxyl groups is 1. The van der Waals surface area contributed by atoms with Gasteiger partial charge in [0, 0.05) is 30.8 Å². The Balaban J connectivity index is 1.63. The van der Waals surface area contributed by atoms with Crippen molar-refractivity contribution in [1.82, 2.24) is 9.88 Å². The van der Waals surface area contributed by atoms with Crippen molar-refractivity contribution < 1.29 is 9.84 Å². The number of aliphatic hydroxyl groups excluding tert-OH is 1. The van der Waals surface area contributed by atoms with Gasteiger partial charge in [0.1, 0.15) is 0 Å². The van der Waals surface area contributed by atoms with Crippen LogP contribution >= 0.6 is 11.8 Å². The van der Waals surface area contributed by atoms with Gasteiger partial charge in [-0.1, -0.05) is 18.2 Å². The Kier molecular flexibility index (Phi) is 5.54. The number of hydrogen-bond acceptors (Lipinski definition) is 5. The van der Waals surface area contributed by atoms with Gasteiger partial charge in [-0.15, -0.1) is 11.8 Å². The van der Waals surface area contributed by atoms with Gasteiger partial charge in [0.05, 0.1) is 29.9 Å². The van der Waals surface area contributed by atoms with Crippen LogP contribution in [-0.4, -0.2) is 59.7 Å². The van der Waals surface area contributed by atoms with E-state index in [4.69, 9.17) is 9.72 Å². The van der Waals surface area contributed by atoms with Gasteiger partial charge in [0.2, 0.25) is 0 Å². The van der Waals surface area contributed by atoms with Crippen LogP contribution < -0.4 is 0 Å². The van der Waals surface area contributed by atoms with Crippen LogP contribution in [0.4, 0.5) is 0 Å². The first-order valence-electron chi connectivity index (χ1n) is 8.11. The SMILES string of the molecule is Cc1cc(SC[C@H](O)CN2CCOCC2)nc2c(C)cccc12. The summed E-state index contributed by atoms with van der Waals surface area (Å²) in [6.45, 7) is 8.29. The smallest absolute Gasteiger partial charge is 0.0971 e. The Hall–Kier alpha value is -1.14. The molecule has 1 N–H and O–H groups in total. The maximum Gasteiger partial charge on any atom is 0.0971 e. The van der Waals surface area contributed by atoms with E-state index in [2.05, 4.69) is 43.0 Å². The van der Waals surface area contributed by atoms with Crippen LogP contribution in [0.1, 0.15) is 11.1 Å². The quantitative estimate of drug-likeness (QED) is 0.853. The normalized spacial score (nSPS) is 17.5. The van der Waals surface area contributed by atoms with Gasteiger partial charge in [-0.25, -0.2) is 4.98 Å². The molecule has 0 bridgehead atoms. The predicted octanol–water partition coefficient (Wildman–Crippen LogP) is 2.64. The molecule has 23 heavy (non-hydrogen) atoms. The van der Waals surface area contributed by atoms with Crippen molar-refractivity contribution in [2.75, 3.05) is 38.6 Å². The second kappa shape index (κ2) is 7.62. The number of morpholine rings is 1. The summed E-state index contributed by atoms with van der Waals surface area (Å²) < 4.78 is 5.34. The molecule has 1 aromatic heterocycles. The highest BCUT2D eigenvalue weighted by molar-refractivity contribution is 7.99. The molecule has 3 rings (SSSR count). The highest BCUT2D eigenvalue weighted by atomic mass is 32.2. The van der Waals surface area contributed by atoms with Crippen LogP contribution in [0, 0.1) is 13.8 Å². The molecule has 1 atom stereocenters. The molecule has 1 aliphatic heterocycles. The lowest BCUT2D eigenvalue weighted by atomic mass is 10.1. The standard InChI is InChI=1S/C18H24N2O2S/c1-13-4-3-5-16-14(2)10-17(19-18(13)16)23-12-15(21)11-20-6-8-22-9-7-20/h3-5,10,15,21H,6-9,11-12H2,1-2H3/t15-/m1/s1. The molecule has 4 nitrogen and oxygen atoms in total. The van der Waals surface area contributed by atoms with Crippen molar-refractivity contribution >= 4 is 22.7 Å². The molecular weight excluding hydrogens is 308 g/mol. The van der Waals surface area contributed by atoms with Crippen LogP contribution in [0.25, 0.3) is 10.9 Å². The molecule has 0 amide bonds. The number of ether oxygens (including phenoxy) is 1. The summed E-state index contributed by atoms with van der Waals surface area (Å²) >= 11 is 1.64. The maximum atomic E-state index is 10.3. The van der Waals surface area contributed by atoms with E-state index in [1.807, 2.05) is 0 Å². The van der Waals surface area contributed by atoms with E-state index >= 15 is 0 Å². The average molecular weight is 332 g/mol. The monoisotopic (exact) mass is 332 g/mol. The molecule has 124 valence electrons. The molecule has 1 saturated heterocycles. The summed E-state index contributed by atoms with van der Waals surface area (Å²) in [7, 11) is 0. The van der Waals surface area contributed by atoms with Gasteiger partial charge in [-0.2, -0.15) is 0 Å². The molecular formula is C18H24N2O2S. The molecule has 1 aliphatic rings. The van der Waals surface area contributed by atoms with Crippen molar-refractivity contribution in [2.24, 2.45) is 0 Å². The van der Waals surface area contributed by atoms with E-state index in [9.17, 15) is 5.11 Å². The minimum absolute atomic E-state index is 0.340. The van der Waals surface area contributed by atoms with Crippen molar-refractivity contribution in [2.45, 2.75) is 25.0 Å². The van der Waals surface area contributed by atoms with E-state index in [0.717, 1.165) is 36.8 Å². The Morgan fingerprint density at radius 1 is 1.26 bits per heavy atom. The summed E-state index contributed by atoms with van der Waals surface area (Å²) in [6.07, 6.45) is -0.340. The Bertz CT molecular complexity index is 671. The number of aryl methyl sites for hydroxylation is 2. The fourth-order valence-corrected chi connectivity index (χ4v) is 3.81. The largest absolute Gasteiger partial charge is 0.391 e. The van der Waals surface area contributed by atoms with E-state index in [1.54, 1.807) is 11.8 Å². The zero-order chi connectivity index (χ0) is 16.2. The second-order valence-electron chi connectivity index (χ2n) is 6.13. The van der Waals surface area contributed by atoms with Crippen LogP contribution in [0.15, 0.2) is 29.3 Å². The zero-order valence-corrected chi connectivity index (χ0v) is 14.6. The molecule has 0 spiro atoms. The maximum absolute atomic E-state index is 10.3. The van der Waals surface area contributed by atoms with Gasteiger partial charge < -0.3 is 9.84 Å². The number of rotatable bonds is 5. The van der Waals surface area contributed by atoms with Gasteiger partial charge in [0.25, 0.3) is 0 Å². The Morgan fingerprint density at radius 3 is 2.83 bits per heavy atom. The summed E-state index contributed by atoms with van der Waals surface area (Å²) in [5, 5.41) is 12.5. The topological polar surface area (TPSA) is 45.6 Å². The molecule has 0 saturated carbocycles. The summed E-state index contributed by atoms with van der Waals surface area (Å²) in [4.78, 5) is 7.03. The van der Waals surface area contributed by atoms with Gasteiger partial charge in [0.15, 0.2) is 0 Å². The van der Waals surface area contributed by atoms with Crippen LogP contribution in [0.2, 0.25) is 0 Å². The highest BCUT2D eigenvalue weighted by Crippen LogP contribution is 2.26. The summed E-state index contributed by atoms with van der Waals surface area (Å²) in [5.74, 6) is 0.668. The number of benzene rings is 1. The minimum atomic E-state index is -0.340. The first kappa shape index (κ1) is 16.7. The van der Waals surface area contributed by atoms with Crippen LogP contribution in [0.5, 0.6) is 0 Å². The van der Waals surface area contributed by atoms with Gasteiger partial charge in [-0.3, -0.25) is 4.90 Å². The highest BCUT2D eigenvalue weighted by Gasteiger charge is 2.15. The molecule has 0 aliphatic carbocycles. The van der Waals surface area contributed by atoms with Crippen LogP contribution in [0.3, 0.4) is 0 Å². The molecule has 0 unspecified atom stereocenters. The van der Waals surface area contributed by atoms with Gasteiger partial charge in [-0.05, 0) is 31.0 Å². The lowest BCUT2D eigenvalue weighted by Crippen LogP contribution is -2.41. The number of para-hydroxylation sites is 1. The lowest BCUT2D eigenvalue weighted by molar-refractivity contribution is 0.0188. The Labute approximate surface area is 141 Å². The number of fused-ring (bicyclic) bond motifs is 1. The lowest BCUT2D eigenvalue weighted by Gasteiger charge is -2.28. The number of pyridine rings is 1. The van der Waals surface area contributed by atoms with E-state index in [0.29, 0.717) is 12.3 Å². The number of thioether (sulfide) groups is 1. The van der Waals surface area contributed by atoms with Crippen LogP contribution in [-0.2, 0) is 4.74 Å². The molecule has 1 fully saturated rings. The third kappa shape index (κ3) is 4.23. The third-order valence-corrected chi connectivity index (χ3v) is 5.28. The van der Waals surface area contributed by atoms with E-state index in [1.165, 1.54) is 16.5 Å². The molecule has 1 aromatic carbocycles. The minimum Gasteiger partial charge on any atom is -0.391 e. The fourth-order valence-electron chi connectivity index (χ4n) is 2.92. The number of nitrogens with zero attached hydrogens (tertiary/aromatic N) is 2. The molecule has 2 aromatic rings. The number of hydrogen-bond donors (Lipinski definition) is 1. The molecule has 0 radical (unpaired) electrons. The van der Waals surface area contributed by atoms with E-state index < -0.39 is 0 Å². The predicted molar refractivity (Wildman–Crippen MR) is 95.2 cm³/mol. The number of β-amino-alcohol motifs (C(OH)–C–C–N with tert-alkyl or cyclic N) is 1. The van der Waals surface area contributed by atoms with Crippen molar-refractivity contribution in [3.8, 4) is 0 Å². The second-order valence-corrected chi connectivity index (χ2v) is 7.17.